The number of carbonyl (C=O) groups is 1. The minimum absolute atomic E-state index is 0.00803. The van der Waals surface area contributed by atoms with Gasteiger partial charge < -0.3 is 14.9 Å². The molecule has 0 aliphatic carbocycles. The summed E-state index contributed by atoms with van der Waals surface area (Å²) in [6.45, 7) is 1.70. The van der Waals surface area contributed by atoms with Crippen molar-refractivity contribution in [2.75, 3.05) is 5.88 Å². The van der Waals surface area contributed by atoms with Gasteiger partial charge >= 0.3 is 11.8 Å². The second kappa shape index (κ2) is 7.53. The molecule has 0 saturated carbocycles. The van der Waals surface area contributed by atoms with Gasteiger partial charge in [-0.05, 0) is 27.8 Å². The van der Waals surface area contributed by atoms with Crippen molar-refractivity contribution in [3.63, 3.8) is 0 Å². The van der Waals surface area contributed by atoms with Crippen LogP contribution in [0.1, 0.15) is 16.2 Å². The van der Waals surface area contributed by atoms with Gasteiger partial charge in [-0.25, -0.2) is 14.3 Å². The zero-order chi connectivity index (χ0) is 18.7. The highest BCUT2D eigenvalue weighted by Crippen LogP contribution is 2.19. The number of hydrogen-bond donors (Lipinski definition) is 0. The summed E-state index contributed by atoms with van der Waals surface area (Å²) in [4.78, 5) is 26.9. The lowest BCUT2D eigenvalue weighted by atomic mass is 10.1. The largest absolute Gasteiger partial charge is 0.453 e. The standard InChI is InChI=1S/C18H16ClN3O4/c1-12-20-10-17(22(24)25)21(12)11-16(9-19)26-18(23)15-7-6-13-4-2-3-5-14(13)8-15/h2-8,10,16H,9,11H2,1H3. The molecule has 1 aromatic heterocycles. The number of ether oxygens (including phenoxy) is 1. The number of hydrogen-bond acceptors (Lipinski definition) is 5. The molecule has 7 nitrogen and oxygen atoms in total. The molecule has 0 amide bonds. The number of aromatic nitrogens is 2. The SMILES string of the molecule is Cc1ncc([N+](=O)[O-])n1CC(CCl)OC(=O)c1ccc2ccccc2c1. The summed E-state index contributed by atoms with van der Waals surface area (Å²) in [7, 11) is 0. The molecule has 134 valence electrons. The van der Waals surface area contributed by atoms with Crippen LogP contribution in [0.2, 0.25) is 0 Å². The molecule has 8 heteroatoms. The third-order valence-corrected chi connectivity index (χ3v) is 4.38. The lowest BCUT2D eigenvalue weighted by Crippen LogP contribution is -2.26. The number of fused-ring (bicyclic) bond motifs is 1. The Morgan fingerprint density at radius 3 is 2.73 bits per heavy atom. The quantitative estimate of drug-likeness (QED) is 0.284. The Morgan fingerprint density at radius 2 is 2.04 bits per heavy atom. The molecule has 1 atom stereocenters. The van der Waals surface area contributed by atoms with Crippen LogP contribution in [0, 0.1) is 17.0 Å². The van der Waals surface area contributed by atoms with Crippen LogP contribution >= 0.6 is 11.6 Å². The molecule has 2 aromatic carbocycles. The maximum absolute atomic E-state index is 12.5. The molecular formula is C18H16ClN3O4. The lowest BCUT2D eigenvalue weighted by Gasteiger charge is -2.15. The molecule has 1 unspecified atom stereocenters. The second-order valence-corrected chi connectivity index (χ2v) is 6.08. The minimum atomic E-state index is -0.720. The van der Waals surface area contributed by atoms with Gasteiger partial charge in [0.1, 0.15) is 12.7 Å². The molecule has 3 aromatic rings. The Bertz CT molecular complexity index is 970. The number of alkyl halides is 1. The van der Waals surface area contributed by atoms with E-state index in [4.69, 9.17) is 16.3 Å². The fourth-order valence-corrected chi connectivity index (χ4v) is 2.85. The highest BCUT2D eigenvalue weighted by molar-refractivity contribution is 6.18. The van der Waals surface area contributed by atoms with Crippen molar-refractivity contribution in [3.05, 3.63) is 70.2 Å². The average Bonchev–Trinajstić information content (AvgIpc) is 3.01. The van der Waals surface area contributed by atoms with Crippen LogP contribution in [0.3, 0.4) is 0 Å². The van der Waals surface area contributed by atoms with E-state index in [1.807, 2.05) is 30.3 Å². The molecule has 0 bridgehead atoms. The number of imidazole rings is 1. The van der Waals surface area contributed by atoms with Gasteiger partial charge in [-0.1, -0.05) is 30.3 Å². The van der Waals surface area contributed by atoms with Crippen LogP contribution in [0.15, 0.2) is 48.7 Å². The zero-order valence-corrected chi connectivity index (χ0v) is 14.7. The van der Waals surface area contributed by atoms with E-state index in [1.165, 1.54) is 10.8 Å². The molecule has 0 radical (unpaired) electrons. The number of rotatable bonds is 6. The molecule has 0 aliphatic rings. The first-order valence-corrected chi connectivity index (χ1v) is 8.45. The van der Waals surface area contributed by atoms with Crippen LogP contribution in [-0.2, 0) is 11.3 Å². The first kappa shape index (κ1) is 17.9. The summed E-state index contributed by atoms with van der Waals surface area (Å²) in [6, 6.07) is 12.9. The minimum Gasteiger partial charge on any atom is -0.453 e. The molecule has 0 spiro atoms. The van der Waals surface area contributed by atoms with Crippen molar-refractivity contribution in [1.82, 2.24) is 9.55 Å². The molecule has 1 heterocycles. The summed E-state index contributed by atoms with van der Waals surface area (Å²) >= 11 is 5.91. The van der Waals surface area contributed by atoms with E-state index in [2.05, 4.69) is 4.98 Å². The van der Waals surface area contributed by atoms with E-state index in [-0.39, 0.29) is 18.2 Å². The van der Waals surface area contributed by atoms with E-state index >= 15 is 0 Å². The Kier molecular flexibility index (Phi) is 5.18. The number of halogens is 1. The van der Waals surface area contributed by atoms with Gasteiger partial charge in [0.05, 0.1) is 11.4 Å². The van der Waals surface area contributed by atoms with Crippen molar-refractivity contribution in [3.8, 4) is 0 Å². The molecule has 26 heavy (non-hydrogen) atoms. The highest BCUT2D eigenvalue weighted by atomic mass is 35.5. The second-order valence-electron chi connectivity index (χ2n) is 5.77. The molecule has 0 aliphatic heterocycles. The van der Waals surface area contributed by atoms with Gasteiger partial charge in [-0.3, -0.25) is 0 Å². The van der Waals surface area contributed by atoms with Gasteiger partial charge in [0.2, 0.25) is 0 Å². The number of benzene rings is 2. The van der Waals surface area contributed by atoms with Crippen molar-refractivity contribution in [2.24, 2.45) is 0 Å². The predicted molar refractivity (Wildman–Crippen MR) is 97.5 cm³/mol. The number of nitro groups is 1. The van der Waals surface area contributed by atoms with E-state index in [9.17, 15) is 14.9 Å². The molecule has 0 saturated heterocycles. The lowest BCUT2D eigenvalue weighted by molar-refractivity contribution is -0.392. The van der Waals surface area contributed by atoms with Gasteiger partial charge in [0.25, 0.3) is 0 Å². The monoisotopic (exact) mass is 373 g/mol. The number of aryl methyl sites for hydroxylation is 1. The van der Waals surface area contributed by atoms with Crippen molar-refractivity contribution in [1.29, 1.82) is 0 Å². The van der Waals surface area contributed by atoms with Crippen LogP contribution in [-0.4, -0.2) is 32.4 Å². The van der Waals surface area contributed by atoms with Crippen molar-refractivity contribution < 1.29 is 14.5 Å². The molecule has 0 N–H and O–H groups in total. The van der Waals surface area contributed by atoms with E-state index in [0.717, 1.165) is 10.8 Å². The van der Waals surface area contributed by atoms with Crippen LogP contribution in [0.4, 0.5) is 5.82 Å². The fourth-order valence-electron chi connectivity index (χ4n) is 2.68. The Hall–Kier alpha value is -2.93. The normalized spacial score (nSPS) is 12.1. The van der Waals surface area contributed by atoms with Crippen molar-refractivity contribution in [2.45, 2.75) is 19.6 Å². The van der Waals surface area contributed by atoms with Crippen molar-refractivity contribution >= 4 is 34.2 Å². The topological polar surface area (TPSA) is 87.3 Å². The maximum Gasteiger partial charge on any atom is 0.342 e. The first-order valence-electron chi connectivity index (χ1n) is 7.92. The van der Waals surface area contributed by atoms with Crippen LogP contribution in [0.5, 0.6) is 0 Å². The van der Waals surface area contributed by atoms with Gasteiger partial charge in [-0.15, -0.1) is 11.6 Å². The third-order valence-electron chi connectivity index (χ3n) is 4.04. The van der Waals surface area contributed by atoms with E-state index in [0.29, 0.717) is 11.4 Å². The Labute approximate surface area is 154 Å². The molecule has 0 fully saturated rings. The summed E-state index contributed by atoms with van der Waals surface area (Å²) in [5.74, 6) is -0.233. The van der Waals surface area contributed by atoms with Crippen LogP contribution < -0.4 is 0 Å². The fraction of sp³-hybridized carbons (Fsp3) is 0.222. The molecular weight excluding hydrogens is 358 g/mol. The number of nitrogens with zero attached hydrogens (tertiary/aromatic N) is 3. The Balaban J connectivity index is 1.78. The predicted octanol–water partition coefficient (Wildman–Crippen LogP) is 3.72. The number of esters is 1. The smallest absolute Gasteiger partial charge is 0.342 e. The zero-order valence-electron chi connectivity index (χ0n) is 14.0. The first-order chi connectivity index (χ1) is 12.5. The summed E-state index contributed by atoms with van der Waals surface area (Å²) in [6.07, 6.45) is 0.452. The Morgan fingerprint density at radius 1 is 1.31 bits per heavy atom. The van der Waals surface area contributed by atoms with E-state index in [1.54, 1.807) is 19.1 Å². The highest BCUT2D eigenvalue weighted by Gasteiger charge is 2.24. The van der Waals surface area contributed by atoms with E-state index < -0.39 is 17.0 Å². The van der Waals surface area contributed by atoms with Gasteiger partial charge in [0, 0.05) is 6.92 Å². The maximum atomic E-state index is 12.5. The molecule has 3 rings (SSSR count). The van der Waals surface area contributed by atoms with Crippen LogP contribution in [0.25, 0.3) is 10.8 Å². The number of carbonyl (C=O) groups excluding carboxylic acids is 1. The summed E-state index contributed by atoms with van der Waals surface area (Å²) in [5, 5.41) is 13.0. The van der Waals surface area contributed by atoms with Gasteiger partial charge in [0.15, 0.2) is 11.9 Å². The third kappa shape index (κ3) is 3.67. The summed E-state index contributed by atoms with van der Waals surface area (Å²) in [5.41, 5.74) is 0.399. The summed E-state index contributed by atoms with van der Waals surface area (Å²) < 4.78 is 6.83. The average molecular weight is 374 g/mol. The van der Waals surface area contributed by atoms with Gasteiger partial charge in [-0.2, -0.15) is 0 Å².